The Morgan fingerprint density at radius 1 is 0.800 bits per heavy atom. The first-order chi connectivity index (χ1) is 9.72. The van der Waals surface area contributed by atoms with Crippen LogP contribution in [0.1, 0.15) is 36.8 Å². The van der Waals surface area contributed by atoms with Crippen molar-refractivity contribution in [2.45, 2.75) is 25.7 Å². The maximum absolute atomic E-state index is 12.0. The molecule has 0 N–H and O–H groups in total. The number of hydrogen-bond acceptors (Lipinski definition) is 2. The van der Waals surface area contributed by atoms with Gasteiger partial charge >= 0.3 is 0 Å². The second-order valence-electron chi connectivity index (χ2n) is 4.78. The van der Waals surface area contributed by atoms with Crippen molar-refractivity contribution >= 4 is 11.6 Å². The quantitative estimate of drug-likeness (QED) is 0.746. The first-order valence-electron chi connectivity index (χ1n) is 6.88. The summed E-state index contributed by atoms with van der Waals surface area (Å²) in [5.74, 6) is -0.632. The van der Waals surface area contributed by atoms with Crippen molar-refractivity contribution < 1.29 is 9.59 Å². The zero-order valence-corrected chi connectivity index (χ0v) is 11.6. The third-order valence-electron chi connectivity index (χ3n) is 3.43. The normalized spacial score (nSPS) is 10.5. The van der Waals surface area contributed by atoms with E-state index >= 15 is 0 Å². The molecule has 102 valence electrons. The largest absolute Gasteiger partial charge is 0.291 e. The van der Waals surface area contributed by atoms with E-state index in [0.29, 0.717) is 0 Å². The van der Waals surface area contributed by atoms with Gasteiger partial charge in [-0.3, -0.25) is 9.59 Å². The van der Waals surface area contributed by atoms with Crippen LogP contribution in [-0.4, -0.2) is 11.6 Å². The third-order valence-corrected chi connectivity index (χ3v) is 3.43. The number of ketones is 2. The molecule has 2 nitrogen and oxygen atoms in total. The molecule has 2 heteroatoms. The van der Waals surface area contributed by atoms with Gasteiger partial charge in [-0.15, -0.1) is 0 Å². The highest BCUT2D eigenvalue weighted by molar-refractivity contribution is 6.37. The van der Waals surface area contributed by atoms with Crippen LogP contribution in [0.5, 0.6) is 0 Å². The predicted molar refractivity (Wildman–Crippen MR) is 79.6 cm³/mol. The molecule has 0 radical (unpaired) electrons. The Morgan fingerprint density at radius 2 is 1.25 bits per heavy atom. The highest BCUT2D eigenvalue weighted by atomic mass is 16.2. The summed E-state index contributed by atoms with van der Waals surface area (Å²) in [6, 6.07) is 19.7. The molecule has 0 aliphatic carbocycles. The number of carbonyl (C=O) groups excluding carboxylic acids is 2. The summed E-state index contributed by atoms with van der Waals surface area (Å²) >= 11 is 0. The Balaban J connectivity index is 2.31. The van der Waals surface area contributed by atoms with Gasteiger partial charge in [-0.05, 0) is 11.1 Å². The first kappa shape index (κ1) is 14.2. The van der Waals surface area contributed by atoms with E-state index in [2.05, 4.69) is 0 Å². The molecular weight excluding hydrogens is 248 g/mol. The standard InChI is InChI=1S/C18H18O2/c1-2-17(19)18(20)13-16(14-9-5-3-6-10-14)15-11-7-4-8-12-15/h3-12,16H,2,13H2,1H3. The Bertz CT molecular complexity index is 533. The minimum Gasteiger partial charge on any atom is -0.291 e. The zero-order chi connectivity index (χ0) is 14.4. The Labute approximate surface area is 119 Å². The average Bonchev–Trinajstić information content (AvgIpc) is 2.53. The van der Waals surface area contributed by atoms with Crippen LogP contribution in [0.25, 0.3) is 0 Å². The van der Waals surface area contributed by atoms with Crippen molar-refractivity contribution in [1.29, 1.82) is 0 Å². The van der Waals surface area contributed by atoms with Crippen molar-refractivity contribution in [1.82, 2.24) is 0 Å². The number of Topliss-reactive ketones (excluding diaryl/α,β-unsaturated/α-hetero) is 2. The maximum atomic E-state index is 12.0. The van der Waals surface area contributed by atoms with Crippen molar-refractivity contribution in [3.8, 4) is 0 Å². The van der Waals surface area contributed by atoms with E-state index in [9.17, 15) is 9.59 Å². The summed E-state index contributed by atoms with van der Waals surface area (Å²) in [4.78, 5) is 23.5. The van der Waals surface area contributed by atoms with Gasteiger partial charge < -0.3 is 0 Å². The van der Waals surface area contributed by atoms with Crippen LogP contribution in [0.15, 0.2) is 60.7 Å². The molecule has 0 fully saturated rings. The molecule has 0 bridgehead atoms. The van der Waals surface area contributed by atoms with E-state index < -0.39 is 0 Å². The van der Waals surface area contributed by atoms with Crippen LogP contribution in [-0.2, 0) is 9.59 Å². The fourth-order valence-electron chi connectivity index (χ4n) is 2.30. The molecule has 0 unspecified atom stereocenters. The van der Waals surface area contributed by atoms with Crippen LogP contribution in [0.3, 0.4) is 0 Å². The predicted octanol–water partition coefficient (Wildman–Crippen LogP) is 3.76. The van der Waals surface area contributed by atoms with Crippen molar-refractivity contribution in [2.24, 2.45) is 0 Å². The molecule has 0 aromatic heterocycles. The Morgan fingerprint density at radius 3 is 1.65 bits per heavy atom. The topological polar surface area (TPSA) is 34.1 Å². The lowest BCUT2D eigenvalue weighted by Crippen LogP contribution is -2.17. The van der Waals surface area contributed by atoms with Gasteiger partial charge in [0.1, 0.15) is 0 Å². The van der Waals surface area contributed by atoms with E-state index in [-0.39, 0.29) is 30.3 Å². The lowest BCUT2D eigenvalue weighted by atomic mass is 9.86. The van der Waals surface area contributed by atoms with Gasteiger partial charge in [-0.2, -0.15) is 0 Å². The zero-order valence-electron chi connectivity index (χ0n) is 11.6. The van der Waals surface area contributed by atoms with Crippen LogP contribution in [0.4, 0.5) is 0 Å². The molecular formula is C18H18O2. The second-order valence-corrected chi connectivity index (χ2v) is 4.78. The number of carbonyl (C=O) groups is 2. The molecule has 0 aliphatic heterocycles. The molecule has 2 aromatic carbocycles. The molecule has 20 heavy (non-hydrogen) atoms. The first-order valence-corrected chi connectivity index (χ1v) is 6.88. The van der Waals surface area contributed by atoms with E-state index in [1.54, 1.807) is 6.92 Å². The Kier molecular flexibility index (Phi) is 4.83. The van der Waals surface area contributed by atoms with E-state index in [1.165, 1.54) is 0 Å². The van der Waals surface area contributed by atoms with Gasteiger partial charge in [0.15, 0.2) is 11.6 Å². The monoisotopic (exact) mass is 266 g/mol. The van der Waals surface area contributed by atoms with Gasteiger partial charge in [-0.25, -0.2) is 0 Å². The fourth-order valence-corrected chi connectivity index (χ4v) is 2.30. The highest BCUT2D eigenvalue weighted by Crippen LogP contribution is 2.28. The summed E-state index contributed by atoms with van der Waals surface area (Å²) in [6.07, 6.45) is 0.510. The van der Waals surface area contributed by atoms with Gasteiger partial charge in [0.05, 0.1) is 0 Å². The van der Waals surface area contributed by atoms with Crippen LogP contribution in [0.2, 0.25) is 0 Å². The molecule has 0 saturated carbocycles. The van der Waals surface area contributed by atoms with Crippen molar-refractivity contribution in [2.75, 3.05) is 0 Å². The highest BCUT2D eigenvalue weighted by Gasteiger charge is 2.21. The SMILES string of the molecule is CCC(=O)C(=O)CC(c1ccccc1)c1ccccc1. The molecule has 0 atom stereocenters. The summed E-state index contributed by atoms with van der Waals surface area (Å²) in [6.45, 7) is 1.72. The van der Waals surface area contributed by atoms with Crippen LogP contribution in [0, 0.1) is 0 Å². The molecule has 0 saturated heterocycles. The minimum atomic E-state index is -0.290. The lowest BCUT2D eigenvalue weighted by molar-refractivity contribution is -0.136. The van der Waals surface area contributed by atoms with Gasteiger partial charge in [0, 0.05) is 18.8 Å². The van der Waals surface area contributed by atoms with Crippen molar-refractivity contribution in [3.05, 3.63) is 71.8 Å². The van der Waals surface area contributed by atoms with E-state index in [0.717, 1.165) is 11.1 Å². The molecule has 0 amide bonds. The third kappa shape index (κ3) is 3.41. The van der Waals surface area contributed by atoms with Crippen LogP contribution < -0.4 is 0 Å². The number of rotatable bonds is 6. The summed E-state index contributed by atoms with van der Waals surface area (Å²) in [5.41, 5.74) is 2.13. The maximum Gasteiger partial charge on any atom is 0.199 e. The fraction of sp³-hybridized carbons (Fsp3) is 0.222. The van der Waals surface area contributed by atoms with Gasteiger partial charge in [0.25, 0.3) is 0 Å². The summed E-state index contributed by atoms with van der Waals surface area (Å²) < 4.78 is 0. The number of benzene rings is 2. The second kappa shape index (κ2) is 6.80. The summed E-state index contributed by atoms with van der Waals surface area (Å²) in [7, 11) is 0. The molecule has 0 spiro atoms. The molecule has 2 aromatic rings. The van der Waals surface area contributed by atoms with E-state index in [1.807, 2.05) is 60.7 Å². The van der Waals surface area contributed by atoms with Crippen LogP contribution >= 0.6 is 0 Å². The van der Waals surface area contributed by atoms with E-state index in [4.69, 9.17) is 0 Å². The Hall–Kier alpha value is -2.22. The lowest BCUT2D eigenvalue weighted by Gasteiger charge is -2.17. The smallest absolute Gasteiger partial charge is 0.199 e. The van der Waals surface area contributed by atoms with Gasteiger partial charge in [-0.1, -0.05) is 67.6 Å². The van der Waals surface area contributed by atoms with Gasteiger partial charge in [0.2, 0.25) is 0 Å². The molecule has 0 aliphatic rings. The average molecular weight is 266 g/mol. The minimum absolute atomic E-state index is 0.0552. The molecule has 2 rings (SSSR count). The molecule has 0 heterocycles. The summed E-state index contributed by atoms with van der Waals surface area (Å²) in [5, 5.41) is 0. The number of hydrogen-bond donors (Lipinski definition) is 0. The van der Waals surface area contributed by atoms with Crippen molar-refractivity contribution in [3.63, 3.8) is 0 Å².